The Morgan fingerprint density at radius 3 is 2.59 bits per heavy atom. The number of benzene rings is 1. The van der Waals surface area contributed by atoms with E-state index in [9.17, 15) is 0 Å². The average Bonchev–Trinajstić information content (AvgIpc) is 2.28. The Kier molecular flexibility index (Phi) is 9.34. The molecular formula is C12H20IN3S. The van der Waals surface area contributed by atoms with Gasteiger partial charge >= 0.3 is 0 Å². The minimum absolute atomic E-state index is 0. The lowest BCUT2D eigenvalue weighted by atomic mass is 10.2. The van der Waals surface area contributed by atoms with E-state index >= 15 is 0 Å². The van der Waals surface area contributed by atoms with Gasteiger partial charge in [-0.2, -0.15) is 11.8 Å². The molecule has 0 amide bonds. The predicted molar refractivity (Wildman–Crippen MR) is 89.7 cm³/mol. The third kappa shape index (κ3) is 7.49. The number of thioether (sulfide) groups is 1. The summed E-state index contributed by atoms with van der Waals surface area (Å²) in [6.07, 6.45) is 3.16. The van der Waals surface area contributed by atoms with Crippen LogP contribution in [0.2, 0.25) is 0 Å². The molecule has 0 aromatic heterocycles. The van der Waals surface area contributed by atoms with Gasteiger partial charge in [0.25, 0.3) is 0 Å². The van der Waals surface area contributed by atoms with Gasteiger partial charge in [0.2, 0.25) is 0 Å². The number of hydrogen-bond acceptors (Lipinski definition) is 2. The molecule has 0 saturated heterocycles. The van der Waals surface area contributed by atoms with Crippen LogP contribution in [-0.4, -0.2) is 24.5 Å². The molecule has 1 rings (SSSR count). The maximum atomic E-state index is 5.76. The minimum Gasteiger partial charge on any atom is -0.370 e. The molecule has 96 valence electrons. The molecule has 0 aliphatic heterocycles. The van der Waals surface area contributed by atoms with E-state index < -0.39 is 0 Å². The maximum absolute atomic E-state index is 5.76. The molecule has 17 heavy (non-hydrogen) atoms. The van der Waals surface area contributed by atoms with Gasteiger partial charge in [-0.25, -0.2) is 0 Å². The smallest absolute Gasteiger partial charge is 0.193 e. The van der Waals surface area contributed by atoms with Crippen LogP contribution in [0.5, 0.6) is 0 Å². The van der Waals surface area contributed by atoms with E-state index in [2.05, 4.69) is 23.5 Å². The van der Waals surface area contributed by atoms with Crippen molar-refractivity contribution in [2.24, 2.45) is 10.7 Å². The Hall–Kier alpha value is -0.430. The van der Waals surface area contributed by atoms with Crippen molar-refractivity contribution in [3.8, 4) is 0 Å². The molecule has 3 N–H and O–H groups in total. The Labute approximate surface area is 125 Å². The molecule has 0 fully saturated rings. The van der Waals surface area contributed by atoms with Crippen LogP contribution in [0.3, 0.4) is 0 Å². The topological polar surface area (TPSA) is 50.4 Å². The van der Waals surface area contributed by atoms with Gasteiger partial charge in [0.1, 0.15) is 0 Å². The van der Waals surface area contributed by atoms with Crippen LogP contribution >= 0.6 is 35.7 Å². The quantitative estimate of drug-likeness (QED) is 0.365. The van der Waals surface area contributed by atoms with E-state index in [4.69, 9.17) is 5.73 Å². The number of rotatable bonds is 5. The molecule has 0 spiro atoms. The number of nitrogens with two attached hydrogens (primary N) is 1. The summed E-state index contributed by atoms with van der Waals surface area (Å²) in [6.45, 7) is 2.84. The summed E-state index contributed by atoms with van der Waals surface area (Å²) >= 11 is 1.83. The van der Waals surface area contributed by atoms with Crippen molar-refractivity contribution in [1.82, 2.24) is 0 Å². The number of guanidine groups is 1. The molecule has 0 aliphatic carbocycles. The van der Waals surface area contributed by atoms with Crippen LogP contribution < -0.4 is 11.1 Å². The normalized spacial score (nSPS) is 10.8. The molecule has 5 heteroatoms. The molecule has 0 unspecified atom stereocenters. The lowest BCUT2D eigenvalue weighted by Crippen LogP contribution is -2.22. The molecule has 1 aromatic carbocycles. The van der Waals surface area contributed by atoms with E-state index in [0.29, 0.717) is 5.96 Å². The maximum Gasteiger partial charge on any atom is 0.193 e. The van der Waals surface area contributed by atoms with E-state index in [1.807, 2.05) is 36.0 Å². The molecular weight excluding hydrogens is 345 g/mol. The van der Waals surface area contributed by atoms with Gasteiger partial charge in [-0.15, -0.1) is 24.0 Å². The molecule has 0 saturated carbocycles. The van der Waals surface area contributed by atoms with Crippen molar-refractivity contribution in [2.45, 2.75) is 13.3 Å². The number of aliphatic imine (C=N–C) groups is 1. The molecule has 0 heterocycles. The molecule has 1 aromatic rings. The summed E-state index contributed by atoms with van der Waals surface area (Å²) < 4.78 is 0. The second kappa shape index (κ2) is 9.58. The first-order valence-corrected chi connectivity index (χ1v) is 6.74. The van der Waals surface area contributed by atoms with Crippen LogP contribution in [0.1, 0.15) is 12.0 Å². The number of nitrogens with one attached hydrogen (secondary N) is 1. The van der Waals surface area contributed by atoms with Crippen LogP contribution in [0, 0.1) is 6.92 Å². The van der Waals surface area contributed by atoms with E-state index in [0.717, 1.165) is 24.4 Å². The summed E-state index contributed by atoms with van der Waals surface area (Å²) in [4.78, 5) is 4.25. The molecule has 0 aliphatic rings. The highest BCUT2D eigenvalue weighted by molar-refractivity contribution is 14.0. The third-order valence-electron chi connectivity index (χ3n) is 2.11. The Bertz CT molecular complexity index is 338. The highest BCUT2D eigenvalue weighted by Crippen LogP contribution is 2.07. The zero-order valence-electron chi connectivity index (χ0n) is 10.3. The van der Waals surface area contributed by atoms with Crippen molar-refractivity contribution in [1.29, 1.82) is 0 Å². The average molecular weight is 365 g/mol. The van der Waals surface area contributed by atoms with Gasteiger partial charge in [-0.3, -0.25) is 4.99 Å². The fourth-order valence-corrected chi connectivity index (χ4v) is 1.65. The van der Waals surface area contributed by atoms with Gasteiger partial charge < -0.3 is 11.1 Å². The van der Waals surface area contributed by atoms with E-state index in [1.54, 1.807) is 0 Å². The monoisotopic (exact) mass is 365 g/mol. The number of hydrogen-bond donors (Lipinski definition) is 2. The van der Waals surface area contributed by atoms with Crippen molar-refractivity contribution in [2.75, 3.05) is 23.9 Å². The number of aryl methyl sites for hydroxylation is 1. The zero-order valence-corrected chi connectivity index (χ0v) is 13.4. The van der Waals surface area contributed by atoms with E-state index in [1.165, 1.54) is 5.56 Å². The number of nitrogens with zero attached hydrogens (tertiary/aromatic N) is 1. The summed E-state index contributed by atoms with van der Waals surface area (Å²) in [5.74, 6) is 1.62. The van der Waals surface area contributed by atoms with Gasteiger partial charge in [-0.1, -0.05) is 17.7 Å². The Morgan fingerprint density at radius 1 is 1.35 bits per heavy atom. The Balaban J connectivity index is 0.00000256. The van der Waals surface area contributed by atoms with Gasteiger partial charge in [0, 0.05) is 12.2 Å². The van der Waals surface area contributed by atoms with Crippen molar-refractivity contribution < 1.29 is 0 Å². The van der Waals surface area contributed by atoms with Crippen LogP contribution in [0.25, 0.3) is 0 Å². The second-order valence-corrected chi connectivity index (χ2v) is 4.59. The Morgan fingerprint density at radius 2 is 2.00 bits per heavy atom. The predicted octanol–water partition coefficient (Wildman–Crippen LogP) is 3.09. The SMILES string of the molecule is CSCCCN=C(N)Nc1ccc(C)cc1.I. The first-order chi connectivity index (χ1) is 7.72. The highest BCUT2D eigenvalue weighted by Gasteiger charge is 1.94. The zero-order chi connectivity index (χ0) is 11.8. The second-order valence-electron chi connectivity index (χ2n) is 3.60. The van der Waals surface area contributed by atoms with Gasteiger partial charge in [0.15, 0.2) is 5.96 Å². The summed E-state index contributed by atoms with van der Waals surface area (Å²) in [6, 6.07) is 8.09. The van der Waals surface area contributed by atoms with Gasteiger partial charge in [-0.05, 0) is 37.5 Å². The highest BCUT2D eigenvalue weighted by atomic mass is 127. The fourth-order valence-electron chi connectivity index (χ4n) is 1.23. The van der Waals surface area contributed by atoms with Crippen molar-refractivity contribution in [3.05, 3.63) is 29.8 Å². The minimum atomic E-state index is 0. The molecule has 0 bridgehead atoms. The summed E-state index contributed by atoms with van der Waals surface area (Å²) in [5.41, 5.74) is 7.98. The van der Waals surface area contributed by atoms with Crippen LogP contribution in [0.15, 0.2) is 29.3 Å². The fraction of sp³-hybridized carbons (Fsp3) is 0.417. The van der Waals surface area contributed by atoms with E-state index in [-0.39, 0.29) is 24.0 Å². The van der Waals surface area contributed by atoms with Crippen LogP contribution in [0.4, 0.5) is 5.69 Å². The molecule has 0 radical (unpaired) electrons. The molecule has 3 nitrogen and oxygen atoms in total. The standard InChI is InChI=1S/C12H19N3S.HI/c1-10-4-6-11(7-5-10)15-12(13)14-8-3-9-16-2;/h4-7H,3,8-9H2,1-2H3,(H3,13,14,15);1H. The number of anilines is 1. The third-order valence-corrected chi connectivity index (χ3v) is 2.81. The van der Waals surface area contributed by atoms with Gasteiger partial charge in [0.05, 0.1) is 0 Å². The largest absolute Gasteiger partial charge is 0.370 e. The lowest BCUT2D eigenvalue weighted by Gasteiger charge is -2.05. The summed E-state index contributed by atoms with van der Waals surface area (Å²) in [7, 11) is 0. The summed E-state index contributed by atoms with van der Waals surface area (Å²) in [5, 5.41) is 3.07. The number of halogens is 1. The molecule has 0 atom stereocenters. The van der Waals surface area contributed by atoms with Crippen molar-refractivity contribution in [3.63, 3.8) is 0 Å². The van der Waals surface area contributed by atoms with Crippen molar-refractivity contribution >= 4 is 47.4 Å². The van der Waals surface area contributed by atoms with Crippen LogP contribution in [-0.2, 0) is 0 Å². The lowest BCUT2D eigenvalue weighted by molar-refractivity contribution is 0.941. The first kappa shape index (κ1) is 16.6. The first-order valence-electron chi connectivity index (χ1n) is 5.35.